The Labute approximate surface area is 444 Å². The molecule has 0 saturated carbocycles. The molecule has 0 fully saturated rings. The van der Waals surface area contributed by atoms with Crippen LogP contribution in [0.3, 0.4) is 0 Å². The quantitative estimate of drug-likeness (QED) is 0.0212. The van der Waals surface area contributed by atoms with E-state index in [0.717, 1.165) is 83.5 Å². The first-order valence-corrected chi connectivity index (χ1v) is 31.2. The van der Waals surface area contributed by atoms with Gasteiger partial charge in [0.1, 0.15) is 19.3 Å². The molecule has 3 atom stereocenters. The lowest BCUT2D eigenvalue weighted by Gasteiger charge is -2.30. The van der Waals surface area contributed by atoms with Gasteiger partial charge in [0.25, 0.3) is 7.82 Å². The number of carbonyl (C=O) groups is 2. The van der Waals surface area contributed by atoms with Gasteiger partial charge in [-0.2, -0.15) is 0 Å². The second-order valence-corrected chi connectivity index (χ2v) is 22.6. The molecule has 0 aromatic rings. The third-order valence-corrected chi connectivity index (χ3v) is 13.8. The van der Waals surface area contributed by atoms with Crippen LogP contribution in [0, 0.1) is 0 Å². The molecular formula is C62H113N2O7P. The fourth-order valence-corrected chi connectivity index (χ4v) is 8.93. The minimum absolute atomic E-state index is 0.0331. The highest BCUT2D eigenvalue weighted by molar-refractivity contribution is 7.45. The molecule has 0 spiro atoms. The van der Waals surface area contributed by atoms with E-state index in [1.165, 1.54) is 128 Å². The molecule has 0 bridgehead atoms. The molecule has 0 aliphatic carbocycles. The Morgan fingerprint density at radius 3 is 1.31 bits per heavy atom. The van der Waals surface area contributed by atoms with E-state index in [0.29, 0.717) is 23.9 Å². The summed E-state index contributed by atoms with van der Waals surface area (Å²) in [5.74, 6) is -0.595. The van der Waals surface area contributed by atoms with Crippen molar-refractivity contribution in [3.63, 3.8) is 0 Å². The molecule has 3 unspecified atom stereocenters. The number of rotatable bonds is 53. The van der Waals surface area contributed by atoms with E-state index in [-0.39, 0.29) is 31.3 Å². The van der Waals surface area contributed by atoms with Crippen molar-refractivity contribution in [3.8, 4) is 0 Å². The zero-order valence-corrected chi connectivity index (χ0v) is 48.5. The normalized spacial score (nSPS) is 14.3. The van der Waals surface area contributed by atoms with Gasteiger partial charge in [-0.1, -0.05) is 216 Å². The number of quaternary nitrogens is 1. The molecule has 1 amide bonds. The number of likely N-dealkylation sites (N-methyl/N-ethyl adjacent to an activating group) is 1. The maximum absolute atomic E-state index is 13.5. The van der Waals surface area contributed by atoms with Crippen molar-refractivity contribution in [3.05, 3.63) is 72.9 Å². The number of carbonyl (C=O) groups excluding carboxylic acids is 2. The largest absolute Gasteiger partial charge is 0.756 e. The number of hydrogen-bond donors (Lipinski definition) is 1. The molecule has 0 rings (SSSR count). The number of ether oxygens (including phenoxy) is 1. The average molecular weight is 1030 g/mol. The van der Waals surface area contributed by atoms with E-state index in [4.69, 9.17) is 13.8 Å². The van der Waals surface area contributed by atoms with Gasteiger partial charge in [0.05, 0.1) is 33.8 Å². The highest BCUT2D eigenvalue weighted by Gasteiger charge is 2.27. The molecule has 0 saturated heterocycles. The van der Waals surface area contributed by atoms with Crippen LogP contribution in [-0.4, -0.2) is 69.4 Å². The number of nitrogens with zero attached hydrogens (tertiary/aromatic N) is 1. The molecule has 0 aliphatic rings. The molecule has 1 N–H and O–H groups in total. The minimum Gasteiger partial charge on any atom is -0.756 e. The molecule has 0 radical (unpaired) electrons. The van der Waals surface area contributed by atoms with Crippen molar-refractivity contribution in [2.24, 2.45) is 0 Å². The first-order chi connectivity index (χ1) is 34.9. The first-order valence-electron chi connectivity index (χ1n) is 29.7. The zero-order valence-electron chi connectivity index (χ0n) is 47.6. The van der Waals surface area contributed by atoms with E-state index in [2.05, 4.69) is 86.8 Å². The van der Waals surface area contributed by atoms with E-state index in [1.54, 1.807) is 0 Å². The number of esters is 1. The smallest absolute Gasteiger partial charge is 0.306 e. The summed E-state index contributed by atoms with van der Waals surface area (Å²) in [5, 5.41) is 3.00. The number of allylic oxidation sites excluding steroid dienone is 11. The molecule has 0 heterocycles. The number of phosphoric acid groups is 1. The Hall–Kier alpha value is -2.55. The van der Waals surface area contributed by atoms with Gasteiger partial charge < -0.3 is 28.5 Å². The molecule has 0 aromatic carbocycles. The molecule has 418 valence electrons. The maximum atomic E-state index is 13.5. The topological polar surface area (TPSA) is 114 Å². The SMILES string of the molecule is CCCCC/C=C\C/C=C\C/C=C\C/C=C\CCCCCC(=O)NC(COP(=O)([O-])OCC[N+](C)(C)C)C(/C=C\CCCCCCCCCCCCC)OC(=O)CCCCC/C=C\CCCCCCCCC. The van der Waals surface area contributed by atoms with E-state index >= 15 is 0 Å². The number of hydrogen-bond acceptors (Lipinski definition) is 7. The minimum atomic E-state index is -4.71. The van der Waals surface area contributed by atoms with Crippen molar-refractivity contribution >= 4 is 19.7 Å². The van der Waals surface area contributed by atoms with Gasteiger partial charge in [-0.25, -0.2) is 0 Å². The Bertz CT molecular complexity index is 1460. The van der Waals surface area contributed by atoms with E-state index in [1.807, 2.05) is 33.3 Å². The Morgan fingerprint density at radius 1 is 0.486 bits per heavy atom. The van der Waals surface area contributed by atoms with Gasteiger partial charge in [0.2, 0.25) is 5.91 Å². The van der Waals surface area contributed by atoms with Crippen LogP contribution in [0.2, 0.25) is 0 Å². The van der Waals surface area contributed by atoms with Crippen LogP contribution in [0.5, 0.6) is 0 Å². The van der Waals surface area contributed by atoms with Crippen LogP contribution in [-0.2, 0) is 27.9 Å². The van der Waals surface area contributed by atoms with Gasteiger partial charge in [0, 0.05) is 12.8 Å². The third-order valence-electron chi connectivity index (χ3n) is 12.9. The van der Waals surface area contributed by atoms with Crippen LogP contribution in [0.1, 0.15) is 258 Å². The second-order valence-electron chi connectivity index (χ2n) is 21.1. The average Bonchev–Trinajstić information content (AvgIpc) is 3.34. The zero-order chi connectivity index (χ0) is 52.9. The fourth-order valence-electron chi connectivity index (χ4n) is 8.20. The van der Waals surface area contributed by atoms with Crippen molar-refractivity contribution < 1.29 is 37.3 Å². The highest BCUT2D eigenvalue weighted by atomic mass is 31.2. The summed E-state index contributed by atoms with van der Waals surface area (Å²) in [7, 11) is 1.15. The Balaban J connectivity index is 5.42. The summed E-state index contributed by atoms with van der Waals surface area (Å²) in [6.07, 6.45) is 65.8. The standard InChI is InChI=1S/C62H113N2O7P/c1-7-10-13-16-19-22-25-28-30-31-32-33-34-36-39-42-45-48-51-54-61(65)63-59(58-70-72(67,68)69-57-56-64(4,5)6)60(53-50-47-44-41-38-35-27-24-21-18-15-12-9-3)71-62(66)55-52-49-46-43-40-37-29-26-23-20-17-14-11-8-2/h19,22,28,30,32-33,36-37,39-40,50,53,59-60H,7-18,20-21,23-27,29,31,34-35,38,41-49,51-52,54-58H2,1-6H3,(H-,63,65,67,68)/b22-19-,30-28-,33-32-,39-36-,40-37-,53-50-. The highest BCUT2D eigenvalue weighted by Crippen LogP contribution is 2.38. The molecule has 0 aromatic heterocycles. The van der Waals surface area contributed by atoms with Crippen molar-refractivity contribution in [2.45, 2.75) is 270 Å². The summed E-state index contributed by atoms with van der Waals surface area (Å²) < 4.78 is 30.2. The van der Waals surface area contributed by atoms with Gasteiger partial charge in [-0.3, -0.25) is 14.2 Å². The summed E-state index contributed by atoms with van der Waals surface area (Å²) in [5.41, 5.74) is 0. The Kier molecular flexibility index (Phi) is 50.1. The van der Waals surface area contributed by atoms with Gasteiger partial charge >= 0.3 is 5.97 Å². The van der Waals surface area contributed by atoms with Gasteiger partial charge in [-0.05, 0) is 102 Å². The lowest BCUT2D eigenvalue weighted by Crippen LogP contribution is -2.47. The number of amides is 1. The summed E-state index contributed by atoms with van der Waals surface area (Å²) >= 11 is 0. The number of nitrogens with one attached hydrogen (secondary N) is 1. The van der Waals surface area contributed by atoms with Crippen LogP contribution in [0.4, 0.5) is 0 Å². The molecule has 0 aliphatic heterocycles. The first kappa shape index (κ1) is 69.5. The second kappa shape index (κ2) is 51.9. The number of unbranched alkanes of at least 4 members (excludes halogenated alkanes) is 27. The van der Waals surface area contributed by atoms with Crippen LogP contribution in [0.25, 0.3) is 0 Å². The summed E-state index contributed by atoms with van der Waals surface area (Å²) in [4.78, 5) is 39.9. The maximum Gasteiger partial charge on any atom is 0.306 e. The lowest BCUT2D eigenvalue weighted by molar-refractivity contribution is -0.870. The van der Waals surface area contributed by atoms with Crippen LogP contribution in [0.15, 0.2) is 72.9 Å². The summed E-state index contributed by atoms with van der Waals surface area (Å²) in [6, 6.07) is -0.913. The lowest BCUT2D eigenvalue weighted by atomic mass is 10.0. The van der Waals surface area contributed by atoms with Crippen LogP contribution < -0.4 is 10.2 Å². The Morgan fingerprint density at radius 2 is 0.847 bits per heavy atom. The number of phosphoric ester groups is 1. The van der Waals surface area contributed by atoms with Gasteiger partial charge in [-0.15, -0.1) is 0 Å². The molecular weight excluding hydrogens is 916 g/mol. The van der Waals surface area contributed by atoms with Crippen molar-refractivity contribution in [1.82, 2.24) is 5.32 Å². The monoisotopic (exact) mass is 1030 g/mol. The van der Waals surface area contributed by atoms with E-state index in [9.17, 15) is 19.0 Å². The van der Waals surface area contributed by atoms with Crippen LogP contribution >= 0.6 is 7.82 Å². The third kappa shape index (κ3) is 52.3. The van der Waals surface area contributed by atoms with Crippen molar-refractivity contribution in [1.29, 1.82) is 0 Å². The molecule has 9 nitrogen and oxygen atoms in total. The summed E-state index contributed by atoms with van der Waals surface area (Å²) in [6.45, 7) is 6.77. The van der Waals surface area contributed by atoms with Crippen molar-refractivity contribution in [2.75, 3.05) is 40.9 Å². The molecule has 10 heteroatoms. The predicted octanol–water partition coefficient (Wildman–Crippen LogP) is 17.4. The molecule has 72 heavy (non-hydrogen) atoms. The fraction of sp³-hybridized carbons (Fsp3) is 0.774. The predicted molar refractivity (Wildman–Crippen MR) is 307 cm³/mol. The van der Waals surface area contributed by atoms with Gasteiger partial charge in [0.15, 0.2) is 0 Å². The van der Waals surface area contributed by atoms with E-state index < -0.39 is 26.6 Å².